The van der Waals surface area contributed by atoms with E-state index in [0.717, 1.165) is 24.0 Å². The molecule has 2 atom stereocenters. The zero-order valence-electron chi connectivity index (χ0n) is 19.8. The highest BCUT2D eigenvalue weighted by atomic mass is 32.2. The Hall–Kier alpha value is -3.33. The predicted molar refractivity (Wildman–Crippen MR) is 132 cm³/mol. The van der Waals surface area contributed by atoms with Crippen LogP contribution in [0, 0.1) is 6.92 Å². The molecule has 2 N–H and O–H groups in total. The van der Waals surface area contributed by atoms with Gasteiger partial charge in [-0.1, -0.05) is 37.1 Å². The lowest BCUT2D eigenvalue weighted by Crippen LogP contribution is -2.40. The van der Waals surface area contributed by atoms with Crippen LogP contribution in [0.15, 0.2) is 42.5 Å². The Kier molecular flexibility index (Phi) is 6.04. The first-order valence-corrected chi connectivity index (χ1v) is 13.8. The van der Waals surface area contributed by atoms with E-state index in [4.69, 9.17) is 4.74 Å². The first kappa shape index (κ1) is 23.4. The molecule has 1 amide bonds. The zero-order valence-corrected chi connectivity index (χ0v) is 20.6. The van der Waals surface area contributed by atoms with Crippen molar-refractivity contribution in [3.05, 3.63) is 64.8 Å². The number of benzene rings is 2. The number of aromatic nitrogens is 2. The van der Waals surface area contributed by atoms with E-state index in [2.05, 4.69) is 17.1 Å². The smallest absolute Gasteiger partial charge is 0.273 e. The van der Waals surface area contributed by atoms with Gasteiger partial charge in [-0.3, -0.25) is 9.89 Å². The van der Waals surface area contributed by atoms with Gasteiger partial charge in [0.1, 0.15) is 22.9 Å². The Morgan fingerprint density at radius 1 is 1.23 bits per heavy atom. The van der Waals surface area contributed by atoms with Crippen LogP contribution >= 0.6 is 0 Å². The standard InChI is InChI=1S/C26H29N3O5S/c1-3-4-11-34-19-7-5-6-17(14-19)25-22-23(20-13-16(2)8-9-21(20)30)27-28-24(22)26(31)29(25)18-10-12-35(32,33)15-18/h5-9,13-14,18,25,30H,3-4,10-12,15H2,1-2H3,(H,27,28). The number of aromatic hydroxyl groups is 1. The van der Waals surface area contributed by atoms with Crippen LogP contribution in [0.4, 0.5) is 0 Å². The van der Waals surface area contributed by atoms with Crippen molar-refractivity contribution >= 4 is 15.7 Å². The molecule has 2 aliphatic heterocycles. The maximum atomic E-state index is 13.6. The number of hydrogen-bond donors (Lipinski definition) is 2. The number of amides is 1. The van der Waals surface area contributed by atoms with Crippen LogP contribution in [0.5, 0.6) is 11.5 Å². The molecule has 3 aromatic rings. The molecule has 2 aliphatic rings. The van der Waals surface area contributed by atoms with Crippen molar-refractivity contribution < 1.29 is 23.1 Å². The van der Waals surface area contributed by atoms with Crippen molar-refractivity contribution in [2.24, 2.45) is 0 Å². The fraction of sp³-hybridized carbons (Fsp3) is 0.385. The van der Waals surface area contributed by atoms with E-state index in [9.17, 15) is 18.3 Å². The van der Waals surface area contributed by atoms with E-state index in [0.29, 0.717) is 41.3 Å². The summed E-state index contributed by atoms with van der Waals surface area (Å²) in [5.74, 6) is 0.473. The molecule has 0 radical (unpaired) electrons. The maximum absolute atomic E-state index is 13.6. The van der Waals surface area contributed by atoms with Gasteiger partial charge in [-0.05, 0) is 49.6 Å². The van der Waals surface area contributed by atoms with Crippen LogP contribution in [0.25, 0.3) is 11.3 Å². The van der Waals surface area contributed by atoms with E-state index in [1.165, 1.54) is 0 Å². The number of unbranched alkanes of at least 4 members (excludes halogenated alkanes) is 1. The number of aromatic amines is 1. The molecule has 184 valence electrons. The van der Waals surface area contributed by atoms with Gasteiger partial charge in [0.2, 0.25) is 0 Å². The Bertz CT molecular complexity index is 1380. The normalized spacial score (nSPS) is 20.9. The number of fused-ring (bicyclic) bond motifs is 1. The van der Waals surface area contributed by atoms with E-state index in [1.807, 2.05) is 37.3 Å². The van der Waals surface area contributed by atoms with Crippen molar-refractivity contribution in [2.45, 2.75) is 45.2 Å². The molecule has 2 unspecified atom stereocenters. The second-order valence-electron chi connectivity index (χ2n) is 9.33. The summed E-state index contributed by atoms with van der Waals surface area (Å²) in [6.45, 7) is 4.61. The summed E-state index contributed by atoms with van der Waals surface area (Å²) >= 11 is 0. The number of nitrogens with one attached hydrogen (secondary N) is 1. The third kappa shape index (κ3) is 4.29. The zero-order chi connectivity index (χ0) is 24.7. The Morgan fingerprint density at radius 3 is 2.80 bits per heavy atom. The van der Waals surface area contributed by atoms with E-state index < -0.39 is 21.9 Å². The second kappa shape index (κ2) is 9.03. The van der Waals surface area contributed by atoms with Crippen molar-refractivity contribution in [3.63, 3.8) is 0 Å². The minimum atomic E-state index is -3.21. The number of carbonyl (C=O) groups is 1. The quantitative estimate of drug-likeness (QED) is 0.479. The lowest BCUT2D eigenvalue weighted by molar-refractivity contribution is 0.0677. The minimum Gasteiger partial charge on any atom is -0.507 e. The van der Waals surface area contributed by atoms with Gasteiger partial charge in [-0.15, -0.1) is 0 Å². The number of sulfone groups is 1. The molecule has 35 heavy (non-hydrogen) atoms. The van der Waals surface area contributed by atoms with Crippen LogP contribution in [-0.4, -0.2) is 58.7 Å². The summed E-state index contributed by atoms with van der Waals surface area (Å²) in [5.41, 5.74) is 3.74. The summed E-state index contributed by atoms with van der Waals surface area (Å²) in [5, 5.41) is 17.9. The lowest BCUT2D eigenvalue weighted by atomic mass is 9.94. The fourth-order valence-electron chi connectivity index (χ4n) is 5.02. The van der Waals surface area contributed by atoms with E-state index in [1.54, 1.807) is 17.0 Å². The highest BCUT2D eigenvalue weighted by molar-refractivity contribution is 7.91. The molecule has 1 saturated heterocycles. The summed E-state index contributed by atoms with van der Waals surface area (Å²) in [4.78, 5) is 15.3. The molecule has 0 bridgehead atoms. The molecule has 9 heteroatoms. The van der Waals surface area contributed by atoms with Crippen molar-refractivity contribution in [3.8, 4) is 22.8 Å². The molecule has 3 heterocycles. The lowest BCUT2D eigenvalue weighted by Gasteiger charge is -2.31. The number of aryl methyl sites for hydroxylation is 1. The number of carbonyl (C=O) groups excluding carboxylic acids is 1. The van der Waals surface area contributed by atoms with Gasteiger partial charge >= 0.3 is 0 Å². The van der Waals surface area contributed by atoms with Crippen molar-refractivity contribution in [2.75, 3.05) is 18.1 Å². The van der Waals surface area contributed by atoms with Gasteiger partial charge in [0, 0.05) is 17.2 Å². The number of ether oxygens (including phenoxy) is 1. The first-order valence-electron chi connectivity index (χ1n) is 11.9. The van der Waals surface area contributed by atoms with Crippen LogP contribution in [0.2, 0.25) is 0 Å². The van der Waals surface area contributed by atoms with Crippen LogP contribution in [0.3, 0.4) is 0 Å². The van der Waals surface area contributed by atoms with Gasteiger partial charge in [0.15, 0.2) is 9.84 Å². The summed E-state index contributed by atoms with van der Waals surface area (Å²) in [6, 6.07) is 11.8. The number of phenols is 1. The van der Waals surface area contributed by atoms with E-state index >= 15 is 0 Å². The molecular formula is C26H29N3O5S. The number of nitrogens with zero attached hydrogens (tertiary/aromatic N) is 2. The molecule has 1 fully saturated rings. The van der Waals surface area contributed by atoms with Crippen LogP contribution in [0.1, 0.15) is 59.4 Å². The number of rotatable bonds is 7. The van der Waals surface area contributed by atoms with Crippen molar-refractivity contribution in [1.29, 1.82) is 0 Å². The van der Waals surface area contributed by atoms with Gasteiger partial charge < -0.3 is 14.7 Å². The Morgan fingerprint density at radius 2 is 2.06 bits per heavy atom. The van der Waals surface area contributed by atoms with Crippen molar-refractivity contribution in [1.82, 2.24) is 15.1 Å². The average molecular weight is 496 g/mol. The SMILES string of the molecule is CCCCOc1cccc(C2c3c(-c4cc(C)ccc4O)n[nH]c3C(=O)N2C2CCS(=O)(=O)C2)c1. The molecule has 0 aliphatic carbocycles. The molecule has 8 nitrogen and oxygen atoms in total. The Labute approximate surface area is 204 Å². The number of hydrogen-bond acceptors (Lipinski definition) is 6. The molecular weight excluding hydrogens is 466 g/mol. The van der Waals surface area contributed by atoms with Crippen LogP contribution in [-0.2, 0) is 9.84 Å². The third-order valence-corrected chi connectivity index (χ3v) is 8.50. The largest absolute Gasteiger partial charge is 0.507 e. The average Bonchev–Trinajstić information content (AvgIpc) is 3.49. The van der Waals surface area contributed by atoms with E-state index in [-0.39, 0.29) is 23.2 Å². The summed E-state index contributed by atoms with van der Waals surface area (Å²) in [7, 11) is -3.21. The highest BCUT2D eigenvalue weighted by Crippen LogP contribution is 2.47. The van der Waals surface area contributed by atoms with Crippen LogP contribution < -0.4 is 4.74 Å². The van der Waals surface area contributed by atoms with Gasteiger partial charge in [0.05, 0.1) is 24.2 Å². The molecule has 0 saturated carbocycles. The second-order valence-corrected chi connectivity index (χ2v) is 11.6. The summed E-state index contributed by atoms with van der Waals surface area (Å²) < 4.78 is 30.6. The number of phenolic OH excluding ortho intramolecular Hbond substituents is 1. The molecule has 2 aromatic carbocycles. The van der Waals surface area contributed by atoms with Gasteiger partial charge in [0.25, 0.3) is 5.91 Å². The van der Waals surface area contributed by atoms with Gasteiger partial charge in [-0.2, -0.15) is 5.10 Å². The molecule has 0 spiro atoms. The Balaban J connectivity index is 1.64. The maximum Gasteiger partial charge on any atom is 0.273 e. The first-order chi connectivity index (χ1) is 16.8. The molecule has 5 rings (SSSR count). The summed E-state index contributed by atoms with van der Waals surface area (Å²) in [6.07, 6.45) is 2.34. The predicted octanol–water partition coefficient (Wildman–Crippen LogP) is 4.00. The topological polar surface area (TPSA) is 113 Å². The number of H-pyrrole nitrogens is 1. The minimum absolute atomic E-state index is 0.0616. The van der Waals surface area contributed by atoms with Gasteiger partial charge in [-0.25, -0.2) is 8.42 Å². The third-order valence-electron chi connectivity index (χ3n) is 6.75. The fourth-order valence-corrected chi connectivity index (χ4v) is 6.73. The monoisotopic (exact) mass is 495 g/mol. The highest BCUT2D eigenvalue weighted by Gasteiger charge is 2.48. The molecule has 1 aromatic heterocycles.